The minimum atomic E-state index is -0.110. The second kappa shape index (κ2) is 7.10. The molecule has 0 aromatic heterocycles. The molecule has 1 aliphatic rings. The molecule has 4 nitrogen and oxygen atoms in total. The molecule has 1 aliphatic heterocycles. The molecule has 1 atom stereocenters. The van der Waals surface area contributed by atoms with E-state index in [1.807, 2.05) is 0 Å². The molecule has 0 radical (unpaired) electrons. The highest BCUT2D eigenvalue weighted by Crippen LogP contribution is 2.16. The van der Waals surface area contributed by atoms with Crippen LogP contribution in [-0.4, -0.2) is 42.0 Å². The highest BCUT2D eigenvalue weighted by molar-refractivity contribution is 5.78. The molecule has 0 aromatic carbocycles. The molecule has 0 aliphatic carbocycles. The van der Waals surface area contributed by atoms with E-state index in [0.29, 0.717) is 19.1 Å². The number of rotatable bonds is 5. The van der Waals surface area contributed by atoms with Crippen LogP contribution in [-0.2, 0) is 4.79 Å². The molecule has 0 aromatic rings. The third-order valence-electron chi connectivity index (χ3n) is 3.98. The summed E-state index contributed by atoms with van der Waals surface area (Å²) >= 11 is 0. The fourth-order valence-electron chi connectivity index (χ4n) is 2.40. The summed E-state index contributed by atoms with van der Waals surface area (Å²) in [5.74, 6) is 0.127. The van der Waals surface area contributed by atoms with Gasteiger partial charge in [-0.25, -0.2) is 0 Å². The van der Waals surface area contributed by atoms with Gasteiger partial charge in [-0.2, -0.15) is 0 Å². The second-order valence-corrected chi connectivity index (χ2v) is 5.99. The maximum Gasteiger partial charge on any atom is 0.234 e. The minimum absolute atomic E-state index is 0.110. The van der Waals surface area contributed by atoms with E-state index in [-0.39, 0.29) is 11.4 Å². The Kier molecular flexibility index (Phi) is 6.09. The standard InChI is InChI=1S/C14H29N3O/c1-4-14(2,3)16-13(18)11-17-9-7-5-6-8-12(17)10-15/h12H,4-11,15H2,1-3H3,(H,16,18). The number of hydrogen-bond acceptors (Lipinski definition) is 3. The quantitative estimate of drug-likeness (QED) is 0.782. The van der Waals surface area contributed by atoms with Crippen LogP contribution in [0, 0.1) is 0 Å². The summed E-state index contributed by atoms with van der Waals surface area (Å²) in [6.07, 6.45) is 5.75. The Balaban J connectivity index is 2.50. The Morgan fingerprint density at radius 3 is 2.72 bits per heavy atom. The van der Waals surface area contributed by atoms with Gasteiger partial charge in [-0.1, -0.05) is 19.8 Å². The molecule has 18 heavy (non-hydrogen) atoms. The largest absolute Gasteiger partial charge is 0.350 e. The van der Waals surface area contributed by atoms with Crippen LogP contribution in [0.25, 0.3) is 0 Å². The lowest BCUT2D eigenvalue weighted by Crippen LogP contribution is -2.50. The highest BCUT2D eigenvalue weighted by Gasteiger charge is 2.24. The lowest BCUT2D eigenvalue weighted by molar-refractivity contribution is -0.124. The van der Waals surface area contributed by atoms with Crippen molar-refractivity contribution in [2.75, 3.05) is 19.6 Å². The normalized spacial score (nSPS) is 22.6. The van der Waals surface area contributed by atoms with E-state index >= 15 is 0 Å². The zero-order valence-corrected chi connectivity index (χ0v) is 12.2. The number of carbonyl (C=O) groups excluding carboxylic acids is 1. The maximum atomic E-state index is 12.1. The van der Waals surface area contributed by atoms with Crippen LogP contribution >= 0.6 is 0 Å². The molecule has 0 spiro atoms. The maximum absolute atomic E-state index is 12.1. The summed E-state index contributed by atoms with van der Waals surface area (Å²) in [4.78, 5) is 14.3. The molecule has 106 valence electrons. The van der Waals surface area contributed by atoms with Crippen LogP contribution in [0.3, 0.4) is 0 Å². The SMILES string of the molecule is CCC(C)(C)NC(=O)CN1CCCCCC1CN. The van der Waals surface area contributed by atoms with Gasteiger partial charge in [0.25, 0.3) is 0 Å². The van der Waals surface area contributed by atoms with E-state index < -0.39 is 0 Å². The summed E-state index contributed by atoms with van der Waals surface area (Å²) in [5, 5.41) is 3.10. The molecule has 1 saturated heterocycles. The molecule has 1 amide bonds. The molecule has 1 heterocycles. The molecule has 1 rings (SSSR count). The molecule has 1 unspecified atom stereocenters. The van der Waals surface area contributed by atoms with E-state index in [0.717, 1.165) is 19.4 Å². The number of likely N-dealkylation sites (tertiary alicyclic amines) is 1. The van der Waals surface area contributed by atoms with Crippen LogP contribution in [0.5, 0.6) is 0 Å². The number of amides is 1. The van der Waals surface area contributed by atoms with Gasteiger partial charge in [-0.3, -0.25) is 9.69 Å². The summed E-state index contributed by atoms with van der Waals surface area (Å²) in [5.41, 5.74) is 5.71. The molecule has 0 saturated carbocycles. The zero-order valence-electron chi connectivity index (χ0n) is 12.2. The number of nitrogens with one attached hydrogen (secondary N) is 1. The summed E-state index contributed by atoms with van der Waals surface area (Å²) in [7, 11) is 0. The summed E-state index contributed by atoms with van der Waals surface area (Å²) in [6.45, 7) is 8.37. The second-order valence-electron chi connectivity index (χ2n) is 5.99. The molecular weight excluding hydrogens is 226 g/mol. The first-order valence-corrected chi connectivity index (χ1v) is 7.23. The van der Waals surface area contributed by atoms with E-state index in [1.54, 1.807) is 0 Å². The monoisotopic (exact) mass is 255 g/mol. The average molecular weight is 255 g/mol. The third kappa shape index (κ3) is 4.94. The van der Waals surface area contributed by atoms with Crippen molar-refractivity contribution in [3.8, 4) is 0 Å². The fourth-order valence-corrected chi connectivity index (χ4v) is 2.40. The third-order valence-corrected chi connectivity index (χ3v) is 3.98. The predicted octanol–water partition coefficient (Wildman–Crippen LogP) is 1.49. The van der Waals surface area contributed by atoms with E-state index in [2.05, 4.69) is 31.0 Å². The van der Waals surface area contributed by atoms with Gasteiger partial charge >= 0.3 is 0 Å². The van der Waals surface area contributed by atoms with Crippen molar-refractivity contribution >= 4 is 5.91 Å². The fraction of sp³-hybridized carbons (Fsp3) is 0.929. The first-order valence-electron chi connectivity index (χ1n) is 7.23. The lowest BCUT2D eigenvalue weighted by Gasteiger charge is -2.31. The van der Waals surface area contributed by atoms with Crippen LogP contribution in [0.1, 0.15) is 52.9 Å². The van der Waals surface area contributed by atoms with Crippen molar-refractivity contribution in [3.05, 3.63) is 0 Å². The molecular formula is C14H29N3O. The smallest absolute Gasteiger partial charge is 0.234 e. The average Bonchev–Trinajstić information content (AvgIpc) is 2.53. The van der Waals surface area contributed by atoms with Gasteiger partial charge in [0.2, 0.25) is 5.91 Å². The van der Waals surface area contributed by atoms with Crippen molar-refractivity contribution in [2.24, 2.45) is 5.73 Å². The Morgan fingerprint density at radius 2 is 2.11 bits per heavy atom. The van der Waals surface area contributed by atoms with Gasteiger partial charge < -0.3 is 11.1 Å². The Hall–Kier alpha value is -0.610. The molecule has 4 heteroatoms. The number of nitrogens with zero attached hydrogens (tertiary/aromatic N) is 1. The lowest BCUT2D eigenvalue weighted by atomic mass is 10.0. The topological polar surface area (TPSA) is 58.4 Å². The number of hydrogen-bond donors (Lipinski definition) is 2. The summed E-state index contributed by atoms with van der Waals surface area (Å²) in [6, 6.07) is 0.378. The van der Waals surface area contributed by atoms with E-state index in [4.69, 9.17) is 5.73 Å². The zero-order chi connectivity index (χ0) is 13.6. The van der Waals surface area contributed by atoms with Gasteiger partial charge in [0, 0.05) is 18.1 Å². The molecule has 1 fully saturated rings. The van der Waals surface area contributed by atoms with Gasteiger partial charge in [-0.15, -0.1) is 0 Å². The number of nitrogens with two attached hydrogens (primary N) is 1. The molecule has 0 bridgehead atoms. The van der Waals surface area contributed by atoms with Gasteiger partial charge in [0.05, 0.1) is 6.54 Å². The first-order chi connectivity index (χ1) is 8.48. The van der Waals surface area contributed by atoms with Crippen molar-refractivity contribution in [1.82, 2.24) is 10.2 Å². The van der Waals surface area contributed by atoms with Crippen molar-refractivity contribution in [2.45, 2.75) is 64.5 Å². The van der Waals surface area contributed by atoms with Crippen molar-refractivity contribution in [3.63, 3.8) is 0 Å². The molecule has 3 N–H and O–H groups in total. The summed E-state index contributed by atoms with van der Waals surface area (Å²) < 4.78 is 0. The number of carbonyl (C=O) groups is 1. The van der Waals surface area contributed by atoms with E-state index in [9.17, 15) is 4.79 Å². The first kappa shape index (κ1) is 15.4. The van der Waals surface area contributed by atoms with Crippen LogP contribution in [0.2, 0.25) is 0 Å². The van der Waals surface area contributed by atoms with E-state index in [1.165, 1.54) is 19.3 Å². The highest BCUT2D eigenvalue weighted by atomic mass is 16.2. The van der Waals surface area contributed by atoms with Crippen LogP contribution < -0.4 is 11.1 Å². The Morgan fingerprint density at radius 1 is 1.39 bits per heavy atom. The predicted molar refractivity (Wildman–Crippen MR) is 75.4 cm³/mol. The van der Waals surface area contributed by atoms with Gasteiger partial charge in [0.15, 0.2) is 0 Å². The minimum Gasteiger partial charge on any atom is -0.350 e. The Bertz CT molecular complexity index is 266. The van der Waals surface area contributed by atoms with Crippen molar-refractivity contribution < 1.29 is 4.79 Å². The van der Waals surface area contributed by atoms with Crippen LogP contribution in [0.15, 0.2) is 0 Å². The van der Waals surface area contributed by atoms with Crippen LogP contribution in [0.4, 0.5) is 0 Å². The van der Waals surface area contributed by atoms with Gasteiger partial charge in [-0.05, 0) is 39.7 Å². The Labute approximate surface area is 111 Å². The van der Waals surface area contributed by atoms with Gasteiger partial charge in [0.1, 0.15) is 0 Å². The van der Waals surface area contributed by atoms with Crippen molar-refractivity contribution in [1.29, 1.82) is 0 Å².